The molecule has 2 saturated carbocycles. The molecule has 1 aromatic heterocycles. The predicted octanol–water partition coefficient (Wildman–Crippen LogP) is 4.25. The van der Waals surface area contributed by atoms with Crippen LogP contribution >= 0.6 is 0 Å². The average Bonchev–Trinajstić information content (AvgIpc) is 3.44. The highest BCUT2D eigenvalue weighted by Gasteiger charge is 2.45. The molecule has 32 heavy (non-hydrogen) atoms. The Hall–Kier alpha value is -2.60. The van der Waals surface area contributed by atoms with Gasteiger partial charge in [-0.2, -0.15) is 0 Å². The topological polar surface area (TPSA) is 68.7 Å². The highest BCUT2D eigenvalue weighted by Crippen LogP contribution is 2.49. The summed E-state index contributed by atoms with van der Waals surface area (Å²) >= 11 is 0. The SMILES string of the molecule is O=C1CCc2cnc(Nc3ccc(N4CCC(O)CC4)cc3)cc2N1C1CC2CCC1C2. The first-order chi connectivity index (χ1) is 15.6. The minimum absolute atomic E-state index is 0.159. The van der Waals surface area contributed by atoms with E-state index < -0.39 is 0 Å². The molecule has 168 valence electrons. The fourth-order valence-electron chi connectivity index (χ4n) is 6.37. The molecule has 1 amide bonds. The van der Waals surface area contributed by atoms with E-state index in [1.54, 1.807) is 0 Å². The minimum atomic E-state index is -0.159. The van der Waals surface area contributed by atoms with E-state index >= 15 is 0 Å². The smallest absolute Gasteiger partial charge is 0.227 e. The van der Waals surface area contributed by atoms with Gasteiger partial charge in [0.15, 0.2) is 0 Å². The van der Waals surface area contributed by atoms with Crippen molar-refractivity contribution in [2.75, 3.05) is 28.2 Å². The Bertz CT molecular complexity index is 999. The molecule has 6 heteroatoms. The van der Waals surface area contributed by atoms with Crippen LogP contribution in [0.4, 0.5) is 22.9 Å². The number of nitrogens with one attached hydrogen (secondary N) is 1. The number of aryl methyl sites for hydroxylation is 1. The summed E-state index contributed by atoms with van der Waals surface area (Å²) in [6.07, 6.45) is 9.92. The molecule has 1 aromatic carbocycles. The fourth-order valence-corrected chi connectivity index (χ4v) is 6.37. The molecule has 4 aliphatic rings. The zero-order chi connectivity index (χ0) is 21.7. The standard InChI is InChI=1S/C26H32N4O2/c31-22-9-11-29(12-10-22)21-6-4-20(5-7-21)28-25-15-24-19(16-27-25)3-8-26(32)30(24)23-14-17-1-2-18(23)13-17/h4-7,15-18,22-23,31H,1-3,8-14H2,(H,27,28). The number of fused-ring (bicyclic) bond motifs is 3. The summed E-state index contributed by atoms with van der Waals surface area (Å²) < 4.78 is 0. The van der Waals surface area contributed by atoms with E-state index in [0.29, 0.717) is 18.4 Å². The number of amides is 1. The molecule has 2 aliphatic carbocycles. The third-order valence-corrected chi connectivity index (χ3v) is 8.10. The second-order valence-electron chi connectivity index (χ2n) is 10.1. The van der Waals surface area contributed by atoms with E-state index in [2.05, 4.69) is 50.4 Å². The van der Waals surface area contributed by atoms with Crippen LogP contribution in [0.2, 0.25) is 0 Å². The molecular formula is C26H32N4O2. The van der Waals surface area contributed by atoms with E-state index in [9.17, 15) is 9.90 Å². The molecule has 2 aromatic rings. The van der Waals surface area contributed by atoms with Crippen molar-refractivity contribution >= 4 is 28.8 Å². The first-order valence-corrected chi connectivity index (χ1v) is 12.2. The van der Waals surface area contributed by atoms with Crippen molar-refractivity contribution in [2.24, 2.45) is 11.8 Å². The summed E-state index contributed by atoms with van der Waals surface area (Å²) in [7, 11) is 0. The van der Waals surface area contributed by atoms with Crippen LogP contribution in [-0.4, -0.2) is 41.2 Å². The lowest BCUT2D eigenvalue weighted by Crippen LogP contribution is -2.46. The average molecular weight is 433 g/mol. The lowest BCUT2D eigenvalue weighted by atomic mass is 9.91. The second-order valence-corrected chi connectivity index (χ2v) is 10.1. The van der Waals surface area contributed by atoms with Gasteiger partial charge in [0.25, 0.3) is 0 Å². The number of aliphatic hydroxyl groups excluding tert-OH is 1. The van der Waals surface area contributed by atoms with Gasteiger partial charge < -0.3 is 20.2 Å². The molecule has 3 fully saturated rings. The Kier molecular flexibility index (Phi) is 5.05. The van der Waals surface area contributed by atoms with Crippen molar-refractivity contribution in [3.05, 3.63) is 42.1 Å². The van der Waals surface area contributed by atoms with Crippen LogP contribution in [0.15, 0.2) is 36.5 Å². The van der Waals surface area contributed by atoms with Crippen LogP contribution in [0, 0.1) is 11.8 Å². The number of aromatic nitrogens is 1. The summed E-state index contributed by atoms with van der Waals surface area (Å²) in [4.78, 5) is 22.1. The highest BCUT2D eigenvalue weighted by molar-refractivity contribution is 5.97. The van der Waals surface area contributed by atoms with Crippen molar-refractivity contribution in [2.45, 2.75) is 63.5 Å². The zero-order valence-corrected chi connectivity index (χ0v) is 18.5. The van der Waals surface area contributed by atoms with Crippen molar-refractivity contribution < 1.29 is 9.90 Å². The van der Waals surface area contributed by atoms with Gasteiger partial charge in [-0.25, -0.2) is 4.98 Å². The molecule has 2 N–H and O–H groups in total. The molecular weight excluding hydrogens is 400 g/mol. The summed E-state index contributed by atoms with van der Waals surface area (Å²) in [5.41, 5.74) is 4.45. The minimum Gasteiger partial charge on any atom is -0.393 e. The Morgan fingerprint density at radius 3 is 2.53 bits per heavy atom. The number of pyridine rings is 1. The third-order valence-electron chi connectivity index (χ3n) is 8.10. The van der Waals surface area contributed by atoms with Crippen LogP contribution in [0.3, 0.4) is 0 Å². The molecule has 2 bridgehead atoms. The number of aliphatic hydroxyl groups is 1. The summed E-state index contributed by atoms with van der Waals surface area (Å²) in [5.74, 6) is 2.55. The maximum atomic E-state index is 13.0. The summed E-state index contributed by atoms with van der Waals surface area (Å²) in [6.45, 7) is 1.79. The Morgan fingerprint density at radius 2 is 1.81 bits per heavy atom. The summed E-state index contributed by atoms with van der Waals surface area (Å²) in [6, 6.07) is 10.9. The molecule has 3 unspecified atom stereocenters. The molecule has 0 radical (unpaired) electrons. The van der Waals surface area contributed by atoms with Crippen molar-refractivity contribution in [1.82, 2.24) is 4.98 Å². The molecule has 1 saturated heterocycles. The van der Waals surface area contributed by atoms with Gasteiger partial charge in [0.05, 0.1) is 11.8 Å². The molecule has 2 aliphatic heterocycles. The molecule has 6 nitrogen and oxygen atoms in total. The van der Waals surface area contributed by atoms with E-state index in [1.807, 2.05) is 6.20 Å². The van der Waals surface area contributed by atoms with Crippen LogP contribution in [-0.2, 0) is 11.2 Å². The van der Waals surface area contributed by atoms with Crippen LogP contribution in [0.25, 0.3) is 0 Å². The highest BCUT2D eigenvalue weighted by atomic mass is 16.3. The number of hydrogen-bond acceptors (Lipinski definition) is 5. The van der Waals surface area contributed by atoms with Gasteiger partial charge in [-0.05, 0) is 80.2 Å². The van der Waals surface area contributed by atoms with Gasteiger partial charge in [-0.15, -0.1) is 0 Å². The van der Waals surface area contributed by atoms with Crippen molar-refractivity contribution in [1.29, 1.82) is 0 Å². The van der Waals surface area contributed by atoms with Gasteiger partial charge in [-0.3, -0.25) is 4.79 Å². The van der Waals surface area contributed by atoms with E-state index in [0.717, 1.165) is 61.9 Å². The Balaban J connectivity index is 1.20. The first-order valence-electron chi connectivity index (χ1n) is 12.2. The number of hydrogen-bond donors (Lipinski definition) is 2. The number of rotatable bonds is 4. The third kappa shape index (κ3) is 3.64. The van der Waals surface area contributed by atoms with Crippen molar-refractivity contribution in [3.8, 4) is 0 Å². The number of anilines is 4. The second kappa shape index (κ2) is 8.07. The lowest BCUT2D eigenvalue weighted by Gasteiger charge is -2.38. The van der Waals surface area contributed by atoms with Gasteiger partial charge in [-0.1, -0.05) is 6.42 Å². The first kappa shape index (κ1) is 20.0. The molecule has 0 spiro atoms. The van der Waals surface area contributed by atoms with Gasteiger partial charge in [0, 0.05) is 49.2 Å². The fraction of sp³-hybridized carbons (Fsp3) is 0.538. The van der Waals surface area contributed by atoms with Crippen LogP contribution < -0.4 is 15.1 Å². The van der Waals surface area contributed by atoms with Crippen LogP contribution in [0.1, 0.15) is 50.5 Å². The number of carbonyl (C=O) groups excluding carboxylic acids is 1. The summed E-state index contributed by atoms with van der Waals surface area (Å²) in [5, 5.41) is 13.2. The van der Waals surface area contributed by atoms with E-state index in [1.165, 1.54) is 30.5 Å². The predicted molar refractivity (Wildman–Crippen MR) is 126 cm³/mol. The maximum absolute atomic E-state index is 13.0. The number of nitrogens with zero attached hydrogens (tertiary/aromatic N) is 3. The quantitative estimate of drug-likeness (QED) is 0.756. The van der Waals surface area contributed by atoms with Crippen LogP contribution in [0.5, 0.6) is 0 Å². The number of benzene rings is 1. The Morgan fingerprint density at radius 1 is 1.00 bits per heavy atom. The van der Waals surface area contributed by atoms with Gasteiger partial charge >= 0.3 is 0 Å². The van der Waals surface area contributed by atoms with E-state index in [4.69, 9.17) is 0 Å². The lowest BCUT2D eigenvalue weighted by molar-refractivity contribution is -0.119. The molecule has 3 atom stereocenters. The largest absolute Gasteiger partial charge is 0.393 e. The number of carbonyl (C=O) groups is 1. The monoisotopic (exact) mass is 432 g/mol. The van der Waals surface area contributed by atoms with Crippen molar-refractivity contribution in [3.63, 3.8) is 0 Å². The maximum Gasteiger partial charge on any atom is 0.227 e. The normalized spacial score (nSPS) is 27.7. The van der Waals surface area contributed by atoms with E-state index in [-0.39, 0.29) is 12.0 Å². The Labute approximate surface area is 189 Å². The molecule has 3 heterocycles. The number of piperidine rings is 1. The molecule has 6 rings (SSSR count). The van der Waals surface area contributed by atoms with Gasteiger partial charge in [0.1, 0.15) is 5.82 Å². The zero-order valence-electron chi connectivity index (χ0n) is 18.5. The van der Waals surface area contributed by atoms with Gasteiger partial charge in [0.2, 0.25) is 5.91 Å².